The number of likely N-dealkylation sites (tertiary alicyclic amines) is 1. The molecule has 0 amide bonds. The van der Waals surface area contributed by atoms with Crippen LogP contribution in [0.25, 0.3) is 5.65 Å². The second kappa shape index (κ2) is 8.22. The van der Waals surface area contributed by atoms with Gasteiger partial charge in [-0.15, -0.1) is 0 Å². The summed E-state index contributed by atoms with van der Waals surface area (Å²) in [6, 6.07) is 4.17. The number of nitrogens with zero attached hydrogens (tertiary/aromatic N) is 6. The maximum atomic E-state index is 6.07. The van der Waals surface area contributed by atoms with Crippen LogP contribution in [0.15, 0.2) is 48.2 Å². The molecule has 8 heteroatoms. The van der Waals surface area contributed by atoms with Crippen molar-refractivity contribution in [3.63, 3.8) is 0 Å². The van der Waals surface area contributed by atoms with Crippen LogP contribution in [-0.2, 0) is 6.54 Å². The number of piperidine rings is 1. The predicted molar refractivity (Wildman–Crippen MR) is 112 cm³/mol. The summed E-state index contributed by atoms with van der Waals surface area (Å²) in [5, 5.41) is 4.14. The van der Waals surface area contributed by atoms with Gasteiger partial charge in [-0.25, -0.2) is 15.0 Å². The zero-order valence-corrected chi connectivity index (χ0v) is 17.0. The van der Waals surface area contributed by atoms with E-state index in [1.807, 2.05) is 41.5 Å². The number of fused-ring (bicyclic) bond motifs is 1. The fraction of sp³-hybridized carbons (Fsp3) is 0.450. The van der Waals surface area contributed by atoms with E-state index in [0.717, 1.165) is 43.4 Å². The van der Waals surface area contributed by atoms with Gasteiger partial charge < -0.3 is 19.2 Å². The summed E-state index contributed by atoms with van der Waals surface area (Å²) in [4.78, 5) is 16.1. The summed E-state index contributed by atoms with van der Waals surface area (Å²) < 4.78 is 4.16. The van der Waals surface area contributed by atoms with Crippen molar-refractivity contribution in [2.75, 3.05) is 19.6 Å². The SMILES string of the molecule is CCNC(=NCc1cn2cc(Cl)ccc2n1)N1CCC(C)C(n2ccnc2)C1. The van der Waals surface area contributed by atoms with E-state index in [4.69, 9.17) is 16.6 Å². The number of halogens is 1. The van der Waals surface area contributed by atoms with E-state index in [1.165, 1.54) is 0 Å². The third-order valence-electron chi connectivity index (χ3n) is 5.32. The highest BCUT2D eigenvalue weighted by atomic mass is 35.5. The molecule has 2 unspecified atom stereocenters. The lowest BCUT2D eigenvalue weighted by molar-refractivity contribution is 0.189. The maximum Gasteiger partial charge on any atom is 0.194 e. The normalized spacial score (nSPS) is 20.7. The van der Waals surface area contributed by atoms with Crippen molar-refractivity contribution in [3.8, 4) is 0 Å². The van der Waals surface area contributed by atoms with E-state index < -0.39 is 0 Å². The van der Waals surface area contributed by atoms with Gasteiger partial charge in [-0.05, 0) is 31.4 Å². The molecule has 7 nitrogen and oxygen atoms in total. The number of aliphatic imine (C=N–C) groups is 1. The van der Waals surface area contributed by atoms with Crippen LogP contribution in [0.1, 0.15) is 32.0 Å². The molecule has 0 radical (unpaired) electrons. The molecule has 0 saturated carbocycles. The standard InChI is InChI=1S/C20H26ClN7/c1-3-23-20(24-10-17-12-28-11-16(21)4-5-19(28)25-17)26-8-6-15(2)18(13-26)27-9-7-22-14-27/h4-5,7,9,11-12,14-15,18H,3,6,8,10,13H2,1-2H3,(H,23,24). The Morgan fingerprint density at radius 2 is 2.25 bits per heavy atom. The Labute approximate surface area is 170 Å². The van der Waals surface area contributed by atoms with Gasteiger partial charge in [0.1, 0.15) is 5.65 Å². The lowest BCUT2D eigenvalue weighted by Crippen LogP contribution is -2.49. The molecule has 4 heterocycles. The molecule has 3 aromatic rings. The van der Waals surface area contributed by atoms with E-state index in [9.17, 15) is 0 Å². The zero-order valence-electron chi connectivity index (χ0n) is 16.3. The largest absolute Gasteiger partial charge is 0.357 e. The van der Waals surface area contributed by atoms with E-state index in [0.29, 0.717) is 23.5 Å². The number of nitrogens with one attached hydrogen (secondary N) is 1. The molecule has 0 spiro atoms. The van der Waals surface area contributed by atoms with E-state index >= 15 is 0 Å². The van der Waals surface area contributed by atoms with Gasteiger partial charge >= 0.3 is 0 Å². The zero-order chi connectivity index (χ0) is 19.5. The molecular weight excluding hydrogens is 374 g/mol. The van der Waals surface area contributed by atoms with Crippen LogP contribution in [0, 0.1) is 5.92 Å². The molecule has 0 bridgehead atoms. The molecule has 148 valence electrons. The smallest absolute Gasteiger partial charge is 0.194 e. The van der Waals surface area contributed by atoms with Crippen LogP contribution < -0.4 is 5.32 Å². The number of aromatic nitrogens is 4. The second-order valence-corrected chi connectivity index (χ2v) is 7.74. The van der Waals surface area contributed by atoms with Crippen LogP contribution in [0.4, 0.5) is 0 Å². The summed E-state index contributed by atoms with van der Waals surface area (Å²) in [5.74, 6) is 1.55. The third-order valence-corrected chi connectivity index (χ3v) is 5.54. The van der Waals surface area contributed by atoms with Crippen molar-refractivity contribution in [3.05, 3.63) is 54.0 Å². The quantitative estimate of drug-likeness (QED) is 0.540. The molecule has 1 aliphatic heterocycles. The molecule has 0 aromatic carbocycles. The number of hydrogen-bond acceptors (Lipinski definition) is 3. The maximum absolute atomic E-state index is 6.07. The van der Waals surface area contributed by atoms with Gasteiger partial charge in [0, 0.05) is 44.4 Å². The fourth-order valence-electron chi connectivity index (χ4n) is 3.77. The second-order valence-electron chi connectivity index (χ2n) is 7.30. The van der Waals surface area contributed by atoms with Crippen molar-refractivity contribution >= 4 is 23.2 Å². The van der Waals surface area contributed by atoms with Gasteiger partial charge in [-0.1, -0.05) is 18.5 Å². The summed E-state index contributed by atoms with van der Waals surface area (Å²) in [7, 11) is 0. The first-order valence-corrected chi connectivity index (χ1v) is 10.2. The minimum absolute atomic E-state index is 0.400. The number of pyridine rings is 1. The Balaban J connectivity index is 1.52. The van der Waals surface area contributed by atoms with Crippen molar-refractivity contribution in [2.24, 2.45) is 10.9 Å². The Morgan fingerprint density at radius 3 is 3.04 bits per heavy atom. The van der Waals surface area contributed by atoms with Crippen molar-refractivity contribution < 1.29 is 0 Å². The predicted octanol–water partition coefficient (Wildman–Crippen LogP) is 3.23. The first-order chi connectivity index (χ1) is 13.6. The highest BCUT2D eigenvalue weighted by Crippen LogP contribution is 2.27. The highest BCUT2D eigenvalue weighted by Gasteiger charge is 2.28. The average Bonchev–Trinajstić information content (AvgIpc) is 3.35. The first-order valence-electron chi connectivity index (χ1n) is 9.78. The summed E-state index contributed by atoms with van der Waals surface area (Å²) in [5.41, 5.74) is 1.81. The minimum atomic E-state index is 0.400. The van der Waals surface area contributed by atoms with E-state index in [1.54, 1.807) is 0 Å². The lowest BCUT2D eigenvalue weighted by Gasteiger charge is -2.39. The van der Waals surface area contributed by atoms with E-state index in [2.05, 4.69) is 44.8 Å². The lowest BCUT2D eigenvalue weighted by atomic mass is 9.93. The number of rotatable bonds is 4. The number of imidazole rings is 2. The molecule has 2 atom stereocenters. The Morgan fingerprint density at radius 1 is 1.36 bits per heavy atom. The van der Waals surface area contributed by atoms with Gasteiger partial charge in [-0.3, -0.25) is 0 Å². The third kappa shape index (κ3) is 3.99. The average molecular weight is 400 g/mol. The van der Waals surface area contributed by atoms with Crippen molar-refractivity contribution in [1.82, 2.24) is 29.2 Å². The van der Waals surface area contributed by atoms with Crippen molar-refractivity contribution in [1.29, 1.82) is 0 Å². The van der Waals surface area contributed by atoms with Crippen LogP contribution >= 0.6 is 11.6 Å². The molecule has 1 N–H and O–H groups in total. The molecule has 1 fully saturated rings. The molecule has 0 aliphatic carbocycles. The molecule has 3 aromatic heterocycles. The number of guanidine groups is 1. The Bertz CT molecular complexity index is 947. The van der Waals surface area contributed by atoms with Crippen LogP contribution in [0.2, 0.25) is 5.02 Å². The monoisotopic (exact) mass is 399 g/mol. The molecular formula is C20H26ClN7. The van der Waals surface area contributed by atoms with Gasteiger partial charge in [0.15, 0.2) is 5.96 Å². The van der Waals surface area contributed by atoms with Crippen LogP contribution in [0.3, 0.4) is 0 Å². The topological polar surface area (TPSA) is 62.8 Å². The summed E-state index contributed by atoms with van der Waals surface area (Å²) >= 11 is 6.07. The Hall–Kier alpha value is -2.54. The first kappa shape index (κ1) is 18.8. The molecule has 1 aliphatic rings. The molecule has 28 heavy (non-hydrogen) atoms. The van der Waals surface area contributed by atoms with E-state index in [-0.39, 0.29) is 0 Å². The summed E-state index contributed by atoms with van der Waals surface area (Å²) in [6.45, 7) is 7.70. The van der Waals surface area contributed by atoms with Gasteiger partial charge in [0.2, 0.25) is 0 Å². The van der Waals surface area contributed by atoms with Gasteiger partial charge in [-0.2, -0.15) is 0 Å². The Kier molecular flexibility index (Phi) is 5.52. The van der Waals surface area contributed by atoms with Crippen LogP contribution in [-0.4, -0.2) is 49.4 Å². The van der Waals surface area contributed by atoms with Crippen molar-refractivity contribution in [2.45, 2.75) is 32.9 Å². The highest BCUT2D eigenvalue weighted by molar-refractivity contribution is 6.30. The number of hydrogen-bond donors (Lipinski definition) is 1. The summed E-state index contributed by atoms with van der Waals surface area (Å²) in [6.07, 6.45) is 10.8. The molecule has 1 saturated heterocycles. The van der Waals surface area contributed by atoms with Crippen LogP contribution in [0.5, 0.6) is 0 Å². The van der Waals surface area contributed by atoms with Gasteiger partial charge in [0.25, 0.3) is 0 Å². The fourth-order valence-corrected chi connectivity index (χ4v) is 3.94. The van der Waals surface area contributed by atoms with Gasteiger partial charge in [0.05, 0.1) is 29.6 Å². The minimum Gasteiger partial charge on any atom is -0.357 e. The molecule has 4 rings (SSSR count).